The minimum absolute atomic E-state index is 0.0619. The molecule has 106 valence electrons. The Morgan fingerprint density at radius 1 is 1.32 bits per heavy atom. The lowest BCUT2D eigenvalue weighted by molar-refractivity contribution is -0.149. The van der Waals surface area contributed by atoms with Crippen molar-refractivity contribution in [3.8, 4) is 0 Å². The lowest BCUT2D eigenvalue weighted by Gasteiger charge is -2.34. The van der Waals surface area contributed by atoms with Gasteiger partial charge >= 0.3 is 5.97 Å². The largest absolute Gasteiger partial charge is 0.480 e. The molecule has 1 aliphatic carbocycles. The third-order valence-corrected chi connectivity index (χ3v) is 4.19. The van der Waals surface area contributed by atoms with E-state index in [1.165, 1.54) is 4.90 Å². The first-order valence-electron chi connectivity index (χ1n) is 6.74. The van der Waals surface area contributed by atoms with Gasteiger partial charge in [0.15, 0.2) is 0 Å². The molecule has 2 amide bonds. The molecule has 0 aromatic rings. The van der Waals surface area contributed by atoms with Crippen molar-refractivity contribution >= 4 is 17.8 Å². The van der Waals surface area contributed by atoms with Crippen LogP contribution in [0.5, 0.6) is 0 Å². The number of carboxylic acid groups (broad SMARTS) is 1. The first kappa shape index (κ1) is 13.8. The highest BCUT2D eigenvalue weighted by Crippen LogP contribution is 2.29. The molecule has 19 heavy (non-hydrogen) atoms. The van der Waals surface area contributed by atoms with Crippen molar-refractivity contribution in [1.82, 2.24) is 10.2 Å². The minimum atomic E-state index is -1.13. The molecular weight excluding hydrogens is 248 g/mol. The van der Waals surface area contributed by atoms with Crippen LogP contribution in [0.15, 0.2) is 0 Å². The Morgan fingerprint density at radius 2 is 1.95 bits per heavy atom. The Balaban J connectivity index is 2.03. The summed E-state index contributed by atoms with van der Waals surface area (Å²) >= 11 is 0. The normalized spacial score (nSPS) is 26.3. The molecule has 2 N–H and O–H groups in total. The molecule has 6 nitrogen and oxygen atoms in total. The van der Waals surface area contributed by atoms with Crippen LogP contribution in [-0.2, 0) is 14.4 Å². The number of hydrogen-bond acceptors (Lipinski definition) is 3. The number of hydrogen-bond donors (Lipinski definition) is 2. The van der Waals surface area contributed by atoms with Gasteiger partial charge in [-0.15, -0.1) is 0 Å². The second-order valence-corrected chi connectivity index (χ2v) is 5.61. The van der Waals surface area contributed by atoms with E-state index < -0.39 is 17.4 Å². The van der Waals surface area contributed by atoms with Crippen LogP contribution in [0.4, 0.5) is 0 Å². The second kappa shape index (κ2) is 5.19. The van der Waals surface area contributed by atoms with Crippen LogP contribution in [0.3, 0.4) is 0 Å². The van der Waals surface area contributed by atoms with E-state index in [0.717, 1.165) is 19.3 Å². The zero-order valence-corrected chi connectivity index (χ0v) is 11.1. The van der Waals surface area contributed by atoms with Crippen LogP contribution in [0.2, 0.25) is 0 Å². The third-order valence-electron chi connectivity index (χ3n) is 4.19. The van der Waals surface area contributed by atoms with E-state index in [9.17, 15) is 19.5 Å². The van der Waals surface area contributed by atoms with Gasteiger partial charge < -0.3 is 15.3 Å². The maximum atomic E-state index is 12.2. The summed E-state index contributed by atoms with van der Waals surface area (Å²) in [6.45, 7) is 0.375. The summed E-state index contributed by atoms with van der Waals surface area (Å²) in [6.07, 6.45) is 3.77. The van der Waals surface area contributed by atoms with Gasteiger partial charge in [-0.2, -0.15) is 0 Å². The van der Waals surface area contributed by atoms with Crippen molar-refractivity contribution in [3.05, 3.63) is 0 Å². The highest BCUT2D eigenvalue weighted by molar-refractivity contribution is 5.92. The quantitative estimate of drug-likeness (QED) is 0.774. The fourth-order valence-corrected chi connectivity index (χ4v) is 2.92. The van der Waals surface area contributed by atoms with Gasteiger partial charge in [0.1, 0.15) is 5.54 Å². The summed E-state index contributed by atoms with van der Waals surface area (Å²) < 4.78 is 0. The number of carbonyl (C=O) groups is 3. The first-order valence-corrected chi connectivity index (χ1v) is 6.74. The minimum Gasteiger partial charge on any atom is -0.480 e. The van der Waals surface area contributed by atoms with E-state index in [2.05, 4.69) is 5.32 Å². The van der Waals surface area contributed by atoms with E-state index in [1.54, 1.807) is 7.05 Å². The maximum absolute atomic E-state index is 12.2. The average molecular weight is 268 g/mol. The van der Waals surface area contributed by atoms with Crippen molar-refractivity contribution in [2.45, 2.75) is 44.1 Å². The Morgan fingerprint density at radius 3 is 2.42 bits per heavy atom. The maximum Gasteiger partial charge on any atom is 0.329 e. The lowest BCUT2D eigenvalue weighted by atomic mass is 9.81. The molecule has 0 radical (unpaired) electrons. The first-order chi connectivity index (χ1) is 8.94. The smallest absolute Gasteiger partial charge is 0.329 e. The molecule has 0 aromatic carbocycles. The summed E-state index contributed by atoms with van der Waals surface area (Å²) in [7, 11) is 1.66. The number of amides is 2. The Bertz CT molecular complexity index is 401. The number of nitrogens with zero attached hydrogens (tertiary/aromatic N) is 1. The highest BCUT2D eigenvalue weighted by atomic mass is 16.4. The van der Waals surface area contributed by atoms with Gasteiger partial charge in [-0.25, -0.2) is 4.79 Å². The predicted molar refractivity (Wildman–Crippen MR) is 67.3 cm³/mol. The van der Waals surface area contributed by atoms with Crippen LogP contribution in [-0.4, -0.2) is 46.9 Å². The van der Waals surface area contributed by atoms with Gasteiger partial charge in [-0.3, -0.25) is 9.59 Å². The van der Waals surface area contributed by atoms with Crippen molar-refractivity contribution in [1.29, 1.82) is 0 Å². The molecule has 6 heteroatoms. The van der Waals surface area contributed by atoms with Crippen LogP contribution >= 0.6 is 0 Å². The predicted octanol–water partition coefficient (Wildman–Crippen LogP) is 0.368. The van der Waals surface area contributed by atoms with E-state index >= 15 is 0 Å². The SMILES string of the molecule is CN1CC(C(=O)NC2(C(=O)O)CCCCC2)CC1=O. The molecule has 2 rings (SSSR count). The van der Waals surface area contributed by atoms with E-state index in [0.29, 0.717) is 19.4 Å². The molecule has 1 heterocycles. The van der Waals surface area contributed by atoms with E-state index in [4.69, 9.17) is 0 Å². The van der Waals surface area contributed by atoms with Gasteiger partial charge in [0, 0.05) is 20.0 Å². The molecule has 1 saturated heterocycles. The fourth-order valence-electron chi connectivity index (χ4n) is 2.92. The van der Waals surface area contributed by atoms with Crippen molar-refractivity contribution in [3.63, 3.8) is 0 Å². The number of likely N-dealkylation sites (tertiary alicyclic amines) is 1. The lowest BCUT2D eigenvalue weighted by Crippen LogP contribution is -2.57. The van der Waals surface area contributed by atoms with Crippen molar-refractivity contribution < 1.29 is 19.5 Å². The van der Waals surface area contributed by atoms with Crippen molar-refractivity contribution in [2.24, 2.45) is 5.92 Å². The van der Waals surface area contributed by atoms with Crippen molar-refractivity contribution in [2.75, 3.05) is 13.6 Å². The number of carboxylic acids is 1. The second-order valence-electron chi connectivity index (χ2n) is 5.61. The number of rotatable bonds is 3. The number of carbonyl (C=O) groups excluding carboxylic acids is 2. The number of aliphatic carboxylic acids is 1. The topological polar surface area (TPSA) is 86.7 Å². The molecule has 0 bridgehead atoms. The van der Waals surface area contributed by atoms with E-state index in [1.807, 2.05) is 0 Å². The molecule has 1 aliphatic heterocycles. The van der Waals surface area contributed by atoms with E-state index in [-0.39, 0.29) is 18.2 Å². The van der Waals surface area contributed by atoms with Crippen LogP contribution in [0.1, 0.15) is 38.5 Å². The summed E-state index contributed by atoms with van der Waals surface area (Å²) in [5.74, 6) is -1.75. The van der Waals surface area contributed by atoms with Crippen LogP contribution < -0.4 is 5.32 Å². The molecule has 0 spiro atoms. The zero-order chi connectivity index (χ0) is 14.0. The molecule has 1 atom stereocenters. The van der Waals surface area contributed by atoms with Gasteiger partial charge in [-0.1, -0.05) is 19.3 Å². The van der Waals surface area contributed by atoms with Gasteiger partial charge in [0.05, 0.1) is 5.92 Å². The van der Waals surface area contributed by atoms with Crippen LogP contribution in [0, 0.1) is 5.92 Å². The summed E-state index contributed by atoms with van der Waals surface area (Å²) in [5, 5.41) is 12.1. The average Bonchev–Trinajstić information content (AvgIpc) is 2.71. The van der Waals surface area contributed by atoms with Gasteiger partial charge in [0.2, 0.25) is 11.8 Å². The molecule has 1 unspecified atom stereocenters. The molecule has 2 aliphatic rings. The monoisotopic (exact) mass is 268 g/mol. The van der Waals surface area contributed by atoms with Gasteiger partial charge in [-0.05, 0) is 12.8 Å². The molecule has 1 saturated carbocycles. The molecule has 0 aromatic heterocycles. The third kappa shape index (κ3) is 2.72. The Labute approximate surface area is 112 Å². The number of nitrogens with one attached hydrogen (secondary N) is 1. The van der Waals surface area contributed by atoms with Crippen LogP contribution in [0.25, 0.3) is 0 Å². The van der Waals surface area contributed by atoms with Gasteiger partial charge in [0.25, 0.3) is 0 Å². The Kier molecular flexibility index (Phi) is 3.78. The molecule has 2 fully saturated rings. The summed E-state index contributed by atoms with van der Waals surface area (Å²) in [5.41, 5.74) is -1.13. The molecular formula is C13H20N2O4. The zero-order valence-electron chi connectivity index (χ0n) is 11.1. The highest BCUT2D eigenvalue weighted by Gasteiger charge is 2.43. The Hall–Kier alpha value is -1.59. The summed E-state index contributed by atoms with van der Waals surface area (Å²) in [4.78, 5) is 36.6. The summed E-state index contributed by atoms with van der Waals surface area (Å²) in [6, 6.07) is 0. The standard InChI is InChI=1S/C13H20N2O4/c1-15-8-9(7-10(15)16)11(17)14-13(12(18)19)5-3-2-4-6-13/h9H,2-8H2,1H3,(H,14,17)(H,18,19). The fraction of sp³-hybridized carbons (Fsp3) is 0.769.